The Kier molecular flexibility index (Phi) is 5.23. The van der Waals surface area contributed by atoms with Crippen LogP contribution in [0.2, 0.25) is 0 Å². The van der Waals surface area contributed by atoms with Crippen LogP contribution in [0.4, 0.5) is 0 Å². The lowest BCUT2D eigenvalue weighted by molar-refractivity contribution is -0.176. The van der Waals surface area contributed by atoms with Crippen molar-refractivity contribution in [3.05, 3.63) is 0 Å². The minimum atomic E-state index is -0.593. The van der Waals surface area contributed by atoms with Gasteiger partial charge in [-0.15, -0.1) is 0 Å². The fourth-order valence-corrected chi connectivity index (χ4v) is 8.70. The Balaban J connectivity index is 1.06. The van der Waals surface area contributed by atoms with Crippen molar-refractivity contribution in [2.75, 3.05) is 32.8 Å². The molecule has 9 heteroatoms. The van der Waals surface area contributed by atoms with Gasteiger partial charge in [-0.2, -0.15) is 0 Å². The molecule has 192 valence electrons. The molecule has 0 amide bonds. The van der Waals surface area contributed by atoms with Gasteiger partial charge in [-0.3, -0.25) is 19.3 Å². The van der Waals surface area contributed by atoms with E-state index in [9.17, 15) is 14.4 Å². The highest BCUT2D eigenvalue weighted by Gasteiger charge is 2.71. The van der Waals surface area contributed by atoms with Crippen molar-refractivity contribution < 1.29 is 38.1 Å². The first-order chi connectivity index (χ1) is 17.0. The van der Waals surface area contributed by atoms with Gasteiger partial charge in [0, 0.05) is 24.9 Å². The summed E-state index contributed by atoms with van der Waals surface area (Å²) in [6, 6.07) is 0. The Hall–Kier alpha value is -1.71. The van der Waals surface area contributed by atoms with Crippen LogP contribution in [-0.4, -0.2) is 85.7 Å². The number of morpholine rings is 1. The number of carbonyl (C=O) groups excluding carboxylic acids is 3. The van der Waals surface area contributed by atoms with Gasteiger partial charge in [0.15, 0.2) is 0 Å². The molecule has 7 rings (SSSR count). The molecule has 3 saturated carbocycles. The molecule has 7 fully saturated rings. The fourth-order valence-electron chi connectivity index (χ4n) is 8.70. The molecule has 7 aliphatic rings. The van der Waals surface area contributed by atoms with E-state index in [-0.39, 0.29) is 36.3 Å². The van der Waals surface area contributed by atoms with Crippen molar-refractivity contribution in [2.45, 2.75) is 75.5 Å². The van der Waals surface area contributed by atoms with Crippen LogP contribution in [0.15, 0.2) is 0 Å². The molecule has 0 radical (unpaired) electrons. The van der Waals surface area contributed by atoms with Crippen molar-refractivity contribution in [2.24, 2.45) is 35.5 Å². The third kappa shape index (κ3) is 3.40. The second-order valence-electron chi connectivity index (χ2n) is 11.8. The normalized spacial score (nSPS) is 49.3. The van der Waals surface area contributed by atoms with Gasteiger partial charge in [-0.1, -0.05) is 6.92 Å². The maximum absolute atomic E-state index is 13.7. The standard InChI is InChI=1S/C26H35NO8/c1-2-26(10-15-16(11-26)18-4-3-17(15)32-18)35-25(30)21-14-9-13-20(21)24(29)34-23(13)22(14)33-19(28)12-27-5-7-31-8-6-27/h13-18,20-23H,2-12H2,1H3. The van der Waals surface area contributed by atoms with E-state index in [1.165, 1.54) is 0 Å². The van der Waals surface area contributed by atoms with Gasteiger partial charge < -0.3 is 23.7 Å². The smallest absolute Gasteiger partial charge is 0.320 e. The Bertz CT molecular complexity index is 899. The highest BCUT2D eigenvalue weighted by atomic mass is 16.6. The second-order valence-corrected chi connectivity index (χ2v) is 11.8. The monoisotopic (exact) mass is 489 g/mol. The van der Waals surface area contributed by atoms with Crippen LogP contribution in [0.25, 0.3) is 0 Å². The third-order valence-electron chi connectivity index (χ3n) is 10.3. The molecule has 0 N–H and O–H groups in total. The van der Waals surface area contributed by atoms with E-state index in [1.54, 1.807) is 0 Å². The fraction of sp³-hybridized carbons (Fsp3) is 0.885. The molecule has 4 saturated heterocycles. The van der Waals surface area contributed by atoms with Crippen molar-refractivity contribution >= 4 is 17.9 Å². The van der Waals surface area contributed by atoms with Gasteiger partial charge in [0.1, 0.15) is 17.8 Å². The van der Waals surface area contributed by atoms with Crippen LogP contribution < -0.4 is 0 Å². The summed E-state index contributed by atoms with van der Waals surface area (Å²) in [7, 11) is 0. The summed E-state index contributed by atoms with van der Waals surface area (Å²) in [5, 5.41) is 0. The van der Waals surface area contributed by atoms with Gasteiger partial charge in [0.25, 0.3) is 0 Å². The number of hydrogen-bond acceptors (Lipinski definition) is 9. The molecule has 0 aromatic carbocycles. The molecule has 0 aromatic rings. The van der Waals surface area contributed by atoms with E-state index in [0.29, 0.717) is 56.8 Å². The van der Waals surface area contributed by atoms with Crippen molar-refractivity contribution in [1.82, 2.24) is 4.90 Å². The second kappa shape index (κ2) is 8.15. The topological polar surface area (TPSA) is 101 Å². The van der Waals surface area contributed by atoms with Crippen molar-refractivity contribution in [3.8, 4) is 0 Å². The summed E-state index contributed by atoms with van der Waals surface area (Å²) >= 11 is 0. The van der Waals surface area contributed by atoms with Gasteiger partial charge in [0.05, 0.1) is 43.8 Å². The largest absolute Gasteiger partial charge is 0.459 e. The number of carbonyl (C=O) groups is 3. The van der Waals surface area contributed by atoms with Crippen LogP contribution in [-0.2, 0) is 38.1 Å². The molecule has 10 unspecified atom stereocenters. The van der Waals surface area contributed by atoms with E-state index in [1.807, 2.05) is 4.90 Å². The number of esters is 3. The predicted molar refractivity (Wildman–Crippen MR) is 119 cm³/mol. The Morgan fingerprint density at radius 2 is 1.77 bits per heavy atom. The molecule has 4 bridgehead atoms. The molecule has 4 aliphatic heterocycles. The van der Waals surface area contributed by atoms with Gasteiger partial charge >= 0.3 is 17.9 Å². The molecule has 0 spiro atoms. The summed E-state index contributed by atoms with van der Waals surface area (Å²) in [5.41, 5.74) is -0.483. The lowest BCUT2D eigenvalue weighted by Gasteiger charge is -2.35. The summed E-state index contributed by atoms with van der Waals surface area (Å²) in [4.78, 5) is 41.3. The van der Waals surface area contributed by atoms with Gasteiger partial charge in [-0.25, -0.2) is 0 Å². The quantitative estimate of drug-likeness (QED) is 0.404. The predicted octanol–water partition coefficient (Wildman–Crippen LogP) is 1.32. The van der Waals surface area contributed by atoms with Crippen LogP contribution in [0.3, 0.4) is 0 Å². The van der Waals surface area contributed by atoms with Crippen LogP contribution in [0.5, 0.6) is 0 Å². The first kappa shape index (κ1) is 22.5. The van der Waals surface area contributed by atoms with E-state index in [4.69, 9.17) is 23.7 Å². The number of ether oxygens (including phenoxy) is 5. The summed E-state index contributed by atoms with van der Waals surface area (Å²) in [6.07, 6.45) is 4.95. The lowest BCUT2D eigenvalue weighted by Crippen LogP contribution is -2.47. The molecular weight excluding hydrogens is 454 g/mol. The Morgan fingerprint density at radius 1 is 1.06 bits per heavy atom. The van der Waals surface area contributed by atoms with Crippen molar-refractivity contribution in [1.29, 1.82) is 0 Å². The molecule has 0 aromatic heterocycles. The molecule has 10 atom stereocenters. The van der Waals surface area contributed by atoms with E-state index >= 15 is 0 Å². The van der Waals surface area contributed by atoms with Gasteiger partial charge in [-0.05, 0) is 50.4 Å². The minimum absolute atomic E-state index is 0.0731. The number of hydrogen-bond donors (Lipinski definition) is 0. The summed E-state index contributed by atoms with van der Waals surface area (Å²) < 4.78 is 29.4. The van der Waals surface area contributed by atoms with Crippen LogP contribution >= 0.6 is 0 Å². The first-order valence-corrected chi connectivity index (χ1v) is 13.5. The van der Waals surface area contributed by atoms with E-state index in [0.717, 1.165) is 32.1 Å². The zero-order valence-corrected chi connectivity index (χ0v) is 20.3. The molecule has 35 heavy (non-hydrogen) atoms. The highest BCUT2D eigenvalue weighted by Crippen LogP contribution is 2.61. The maximum Gasteiger partial charge on any atom is 0.320 e. The van der Waals surface area contributed by atoms with Gasteiger partial charge in [0.2, 0.25) is 0 Å². The Labute approximate surface area is 205 Å². The number of rotatable bonds is 6. The zero-order chi connectivity index (χ0) is 23.9. The van der Waals surface area contributed by atoms with Crippen LogP contribution in [0.1, 0.15) is 45.4 Å². The summed E-state index contributed by atoms with van der Waals surface area (Å²) in [5.74, 6) is -1.40. The molecule has 9 nitrogen and oxygen atoms in total. The highest BCUT2D eigenvalue weighted by molar-refractivity contribution is 5.86. The van der Waals surface area contributed by atoms with E-state index < -0.39 is 29.6 Å². The molecular formula is C26H35NO8. The lowest BCUT2D eigenvalue weighted by atomic mass is 9.78. The molecule has 3 aliphatic carbocycles. The van der Waals surface area contributed by atoms with Crippen molar-refractivity contribution in [3.63, 3.8) is 0 Å². The zero-order valence-electron chi connectivity index (χ0n) is 20.3. The summed E-state index contributed by atoms with van der Waals surface area (Å²) in [6.45, 7) is 4.86. The van der Waals surface area contributed by atoms with Crippen LogP contribution in [0, 0.1) is 35.5 Å². The first-order valence-electron chi connectivity index (χ1n) is 13.5. The average molecular weight is 490 g/mol. The molecule has 4 heterocycles. The average Bonchev–Trinajstić information content (AvgIpc) is 3.65. The SMILES string of the molecule is CCC1(OC(=O)C2C3CC4C(OC(=O)C42)C3OC(=O)CN2CCOCC2)CC2C3CCC(O3)C2C1. The Morgan fingerprint density at radius 3 is 2.46 bits per heavy atom. The van der Waals surface area contributed by atoms with E-state index in [2.05, 4.69) is 6.92 Å². The maximum atomic E-state index is 13.7. The minimum Gasteiger partial charge on any atom is -0.459 e. The third-order valence-corrected chi connectivity index (χ3v) is 10.3. The number of fused-ring (bicyclic) bond motifs is 6. The number of nitrogens with zero attached hydrogens (tertiary/aromatic N) is 1.